The number of benzene rings is 2. The molecule has 1 aliphatic carbocycles. The van der Waals surface area contributed by atoms with E-state index < -0.39 is 11.7 Å². The summed E-state index contributed by atoms with van der Waals surface area (Å²) in [6, 6.07) is 14.2. The molecule has 3 rings (SSSR count). The number of carbonyl (C=O) groups excluding carboxylic acids is 1. The van der Waals surface area contributed by atoms with Crippen LogP contribution in [0, 0.1) is 11.8 Å². The maximum atomic E-state index is 11.9. The summed E-state index contributed by atoms with van der Waals surface area (Å²) in [6.45, 7) is 5.78. The Morgan fingerprint density at radius 3 is 2.52 bits per heavy atom. The number of fused-ring (bicyclic) bond motifs is 1. The SMILES string of the molecule is CC(C)(C)NC(=O)OC1(C#Cc2cccc3ccccc23)CC1. The van der Waals surface area contributed by atoms with E-state index >= 15 is 0 Å². The summed E-state index contributed by atoms with van der Waals surface area (Å²) < 4.78 is 5.54. The summed E-state index contributed by atoms with van der Waals surface area (Å²) >= 11 is 0. The van der Waals surface area contributed by atoms with Crippen LogP contribution >= 0.6 is 0 Å². The molecular weight excluding hydrogens is 286 g/mol. The molecule has 3 heteroatoms. The van der Waals surface area contributed by atoms with E-state index in [0.29, 0.717) is 0 Å². The molecule has 23 heavy (non-hydrogen) atoms. The van der Waals surface area contributed by atoms with Gasteiger partial charge in [0, 0.05) is 23.9 Å². The number of hydrogen-bond acceptors (Lipinski definition) is 2. The minimum absolute atomic E-state index is 0.309. The quantitative estimate of drug-likeness (QED) is 0.800. The number of rotatable bonds is 1. The van der Waals surface area contributed by atoms with E-state index in [1.54, 1.807) is 0 Å². The molecule has 0 radical (unpaired) electrons. The van der Waals surface area contributed by atoms with Gasteiger partial charge in [0.25, 0.3) is 0 Å². The van der Waals surface area contributed by atoms with E-state index in [0.717, 1.165) is 29.2 Å². The number of carbonyl (C=O) groups is 1. The van der Waals surface area contributed by atoms with Crippen molar-refractivity contribution >= 4 is 16.9 Å². The van der Waals surface area contributed by atoms with Crippen LogP contribution in [0.4, 0.5) is 4.79 Å². The van der Waals surface area contributed by atoms with Crippen LogP contribution in [0.25, 0.3) is 10.8 Å². The van der Waals surface area contributed by atoms with E-state index in [9.17, 15) is 4.79 Å². The maximum absolute atomic E-state index is 11.9. The van der Waals surface area contributed by atoms with Gasteiger partial charge in [-0.3, -0.25) is 0 Å². The molecule has 2 aromatic carbocycles. The topological polar surface area (TPSA) is 38.3 Å². The lowest BCUT2D eigenvalue weighted by molar-refractivity contribution is 0.105. The fourth-order valence-electron chi connectivity index (χ4n) is 2.39. The summed E-state index contributed by atoms with van der Waals surface area (Å²) in [7, 11) is 0. The van der Waals surface area contributed by atoms with Crippen LogP contribution in [0.5, 0.6) is 0 Å². The molecule has 1 saturated carbocycles. The lowest BCUT2D eigenvalue weighted by Crippen LogP contribution is -2.42. The van der Waals surface area contributed by atoms with Gasteiger partial charge in [0.1, 0.15) is 0 Å². The highest BCUT2D eigenvalue weighted by Crippen LogP contribution is 2.39. The molecule has 118 valence electrons. The van der Waals surface area contributed by atoms with Gasteiger partial charge in [0.15, 0.2) is 5.60 Å². The molecule has 0 spiro atoms. The van der Waals surface area contributed by atoms with Crippen molar-refractivity contribution in [1.29, 1.82) is 0 Å². The van der Waals surface area contributed by atoms with Crippen LogP contribution in [0.1, 0.15) is 39.2 Å². The highest BCUT2D eigenvalue weighted by molar-refractivity contribution is 5.88. The van der Waals surface area contributed by atoms with Crippen molar-refractivity contribution in [2.75, 3.05) is 0 Å². The smallest absolute Gasteiger partial charge is 0.409 e. The van der Waals surface area contributed by atoms with Crippen LogP contribution in [0.2, 0.25) is 0 Å². The Bertz CT molecular complexity index is 796. The van der Waals surface area contributed by atoms with Crippen LogP contribution < -0.4 is 5.32 Å². The van der Waals surface area contributed by atoms with E-state index in [2.05, 4.69) is 35.4 Å². The Hall–Kier alpha value is -2.47. The van der Waals surface area contributed by atoms with Gasteiger partial charge in [0.2, 0.25) is 0 Å². The second-order valence-corrected chi connectivity index (χ2v) is 7.04. The molecule has 1 N–H and O–H groups in total. The first-order valence-corrected chi connectivity index (χ1v) is 7.89. The molecule has 0 atom stereocenters. The average Bonchev–Trinajstić information content (AvgIpc) is 3.23. The third-order valence-corrected chi connectivity index (χ3v) is 3.68. The minimum atomic E-state index is -0.619. The summed E-state index contributed by atoms with van der Waals surface area (Å²) in [5.41, 5.74) is 0.0388. The normalized spacial score (nSPS) is 15.4. The zero-order valence-electron chi connectivity index (χ0n) is 13.8. The molecule has 1 amide bonds. The molecule has 0 aliphatic heterocycles. The Morgan fingerprint density at radius 1 is 1.13 bits per heavy atom. The van der Waals surface area contributed by atoms with E-state index in [1.165, 1.54) is 0 Å². The largest absolute Gasteiger partial charge is 0.430 e. The molecule has 0 aromatic heterocycles. The zero-order valence-corrected chi connectivity index (χ0v) is 13.8. The lowest BCUT2D eigenvalue weighted by atomic mass is 10.0. The average molecular weight is 307 g/mol. The van der Waals surface area contributed by atoms with Crippen molar-refractivity contribution in [3.05, 3.63) is 48.0 Å². The van der Waals surface area contributed by atoms with Crippen molar-refractivity contribution in [2.24, 2.45) is 0 Å². The van der Waals surface area contributed by atoms with Crippen molar-refractivity contribution in [1.82, 2.24) is 5.32 Å². The monoisotopic (exact) mass is 307 g/mol. The van der Waals surface area contributed by atoms with E-state index in [1.807, 2.05) is 45.0 Å². The summed E-state index contributed by atoms with van der Waals surface area (Å²) in [6.07, 6.45) is 1.19. The molecule has 2 aromatic rings. The van der Waals surface area contributed by atoms with Crippen LogP contribution in [-0.2, 0) is 4.74 Å². The van der Waals surface area contributed by atoms with Crippen LogP contribution in [0.15, 0.2) is 42.5 Å². The van der Waals surface area contributed by atoms with Crippen molar-refractivity contribution < 1.29 is 9.53 Å². The molecule has 1 aliphatic rings. The van der Waals surface area contributed by atoms with Crippen LogP contribution in [-0.4, -0.2) is 17.2 Å². The Morgan fingerprint density at radius 2 is 1.83 bits per heavy atom. The molecule has 3 nitrogen and oxygen atoms in total. The Labute approximate surface area is 137 Å². The number of alkyl carbamates (subject to hydrolysis) is 1. The fourth-order valence-corrected chi connectivity index (χ4v) is 2.39. The van der Waals surface area contributed by atoms with E-state index in [4.69, 9.17) is 4.74 Å². The third-order valence-electron chi connectivity index (χ3n) is 3.68. The Balaban J connectivity index is 1.79. The van der Waals surface area contributed by atoms with Gasteiger partial charge >= 0.3 is 6.09 Å². The van der Waals surface area contributed by atoms with Gasteiger partial charge in [-0.05, 0) is 43.5 Å². The fraction of sp³-hybridized carbons (Fsp3) is 0.350. The summed E-state index contributed by atoms with van der Waals surface area (Å²) in [4.78, 5) is 11.9. The summed E-state index contributed by atoms with van der Waals surface area (Å²) in [5.74, 6) is 6.37. The number of hydrogen-bond donors (Lipinski definition) is 1. The van der Waals surface area contributed by atoms with Gasteiger partial charge in [-0.25, -0.2) is 4.79 Å². The molecule has 0 heterocycles. The predicted molar refractivity (Wildman–Crippen MR) is 92.2 cm³/mol. The van der Waals surface area contributed by atoms with Gasteiger partial charge in [-0.15, -0.1) is 0 Å². The third kappa shape index (κ3) is 3.84. The van der Waals surface area contributed by atoms with Crippen molar-refractivity contribution in [3.63, 3.8) is 0 Å². The number of amides is 1. The predicted octanol–water partition coefficient (Wildman–Crippen LogP) is 4.25. The van der Waals surface area contributed by atoms with Crippen molar-refractivity contribution in [3.8, 4) is 11.8 Å². The molecule has 1 fully saturated rings. The molecule has 0 bridgehead atoms. The van der Waals surface area contributed by atoms with Gasteiger partial charge < -0.3 is 10.1 Å². The van der Waals surface area contributed by atoms with Gasteiger partial charge in [0.05, 0.1) is 0 Å². The van der Waals surface area contributed by atoms with Gasteiger partial charge in [-0.2, -0.15) is 0 Å². The second-order valence-electron chi connectivity index (χ2n) is 7.04. The molecule has 0 saturated heterocycles. The van der Waals surface area contributed by atoms with Crippen molar-refractivity contribution in [2.45, 2.75) is 44.8 Å². The standard InChI is InChI=1S/C20H21NO2/c1-19(2,3)21-18(22)23-20(13-14-20)12-11-16-9-6-8-15-7-4-5-10-17(15)16/h4-10H,13-14H2,1-3H3,(H,21,22). The Kier molecular flexibility index (Phi) is 3.77. The summed E-state index contributed by atoms with van der Waals surface area (Å²) in [5, 5.41) is 5.10. The number of nitrogens with one attached hydrogen (secondary N) is 1. The molecular formula is C20H21NO2. The zero-order chi connectivity index (χ0) is 16.5. The first kappa shape index (κ1) is 15.4. The molecule has 0 unspecified atom stereocenters. The first-order chi connectivity index (χ1) is 10.9. The minimum Gasteiger partial charge on any atom is -0.430 e. The van der Waals surface area contributed by atoms with E-state index in [-0.39, 0.29) is 5.54 Å². The van der Waals surface area contributed by atoms with Crippen LogP contribution in [0.3, 0.4) is 0 Å². The maximum Gasteiger partial charge on any atom is 0.409 e. The highest BCUT2D eigenvalue weighted by Gasteiger charge is 2.46. The number of ether oxygens (including phenoxy) is 1. The first-order valence-electron chi connectivity index (χ1n) is 7.89. The highest BCUT2D eigenvalue weighted by atomic mass is 16.6. The lowest BCUT2D eigenvalue weighted by Gasteiger charge is -2.21. The van der Waals surface area contributed by atoms with Gasteiger partial charge in [-0.1, -0.05) is 42.3 Å². The second kappa shape index (κ2) is 5.62.